The molecule has 0 saturated carbocycles. The fourth-order valence-corrected chi connectivity index (χ4v) is 2.15. The zero-order chi connectivity index (χ0) is 14.0. The highest BCUT2D eigenvalue weighted by Gasteiger charge is 2.30. The van der Waals surface area contributed by atoms with Gasteiger partial charge in [0.15, 0.2) is 0 Å². The first kappa shape index (κ1) is 13.5. The lowest BCUT2D eigenvalue weighted by Crippen LogP contribution is -2.40. The quantitative estimate of drug-likeness (QED) is 0.760. The van der Waals surface area contributed by atoms with Crippen molar-refractivity contribution in [2.24, 2.45) is 0 Å². The van der Waals surface area contributed by atoms with Crippen LogP contribution in [0, 0.1) is 6.92 Å². The van der Waals surface area contributed by atoms with Crippen LogP contribution >= 0.6 is 0 Å². The van der Waals surface area contributed by atoms with Crippen LogP contribution in [-0.2, 0) is 9.59 Å². The summed E-state index contributed by atoms with van der Waals surface area (Å²) in [6.07, 6.45) is 0. The minimum absolute atomic E-state index is 0.0984. The molecule has 5 nitrogen and oxygen atoms in total. The molecule has 0 fully saturated rings. The predicted octanol–water partition coefficient (Wildman–Crippen LogP) is 1.10. The molecule has 1 aliphatic rings. The molecule has 1 aliphatic heterocycles. The van der Waals surface area contributed by atoms with Crippen molar-refractivity contribution in [3.8, 4) is 0 Å². The monoisotopic (exact) mass is 261 g/mol. The van der Waals surface area contributed by atoms with E-state index in [1.165, 1.54) is 0 Å². The molecule has 1 aromatic rings. The normalized spacial score (nSPS) is 17.3. The Hall–Kier alpha value is -1.88. The third-order valence-corrected chi connectivity index (χ3v) is 2.95. The van der Waals surface area contributed by atoms with Crippen LogP contribution < -0.4 is 16.0 Å². The van der Waals surface area contributed by atoms with Gasteiger partial charge >= 0.3 is 0 Å². The van der Waals surface area contributed by atoms with Crippen molar-refractivity contribution in [2.75, 3.05) is 11.9 Å². The number of amides is 2. The largest absolute Gasteiger partial charge is 0.353 e. The van der Waals surface area contributed by atoms with Gasteiger partial charge in [-0.05, 0) is 26.8 Å². The molecule has 1 aromatic carbocycles. The van der Waals surface area contributed by atoms with Crippen LogP contribution in [0.15, 0.2) is 18.2 Å². The molecule has 2 amide bonds. The van der Waals surface area contributed by atoms with Crippen molar-refractivity contribution >= 4 is 17.5 Å². The number of hydrogen-bond acceptors (Lipinski definition) is 3. The van der Waals surface area contributed by atoms with Crippen LogP contribution in [0.25, 0.3) is 0 Å². The topological polar surface area (TPSA) is 70.2 Å². The summed E-state index contributed by atoms with van der Waals surface area (Å²) in [6.45, 7) is 5.91. The minimum atomic E-state index is -0.451. The summed E-state index contributed by atoms with van der Waals surface area (Å²) in [5.74, 6) is -0.221. The second-order valence-electron chi connectivity index (χ2n) is 5.12. The fraction of sp³-hybridized carbons (Fsp3) is 0.429. The van der Waals surface area contributed by atoms with Gasteiger partial charge in [-0.1, -0.05) is 17.7 Å². The molecule has 1 unspecified atom stereocenters. The Balaban J connectivity index is 2.04. The van der Waals surface area contributed by atoms with Gasteiger partial charge in [0.05, 0.1) is 6.54 Å². The number of nitrogens with one attached hydrogen (secondary N) is 3. The predicted molar refractivity (Wildman–Crippen MR) is 73.8 cm³/mol. The Morgan fingerprint density at radius 3 is 2.84 bits per heavy atom. The number of rotatable bonds is 4. The maximum absolute atomic E-state index is 11.9. The first-order chi connectivity index (χ1) is 8.97. The number of fused-ring (bicyclic) bond motifs is 1. The molecule has 1 atom stereocenters. The second kappa shape index (κ2) is 5.40. The molecule has 102 valence electrons. The molecule has 0 aliphatic carbocycles. The standard InChI is InChI=1S/C14H19N3O2/c1-8(2)16-12(18)7-15-13-10-6-9(3)4-5-11(10)17-14(13)19/h4-6,8,13,15H,7H2,1-3H3,(H,16,18)(H,17,19). The maximum atomic E-state index is 11.9. The van der Waals surface area contributed by atoms with E-state index in [2.05, 4.69) is 16.0 Å². The number of hydrogen-bond donors (Lipinski definition) is 3. The zero-order valence-corrected chi connectivity index (χ0v) is 11.4. The van der Waals surface area contributed by atoms with E-state index in [0.717, 1.165) is 16.8 Å². The molecular weight excluding hydrogens is 242 g/mol. The van der Waals surface area contributed by atoms with Gasteiger partial charge in [-0.2, -0.15) is 0 Å². The van der Waals surface area contributed by atoms with Crippen LogP contribution in [-0.4, -0.2) is 24.4 Å². The van der Waals surface area contributed by atoms with E-state index in [9.17, 15) is 9.59 Å². The Bertz CT molecular complexity index is 511. The molecule has 5 heteroatoms. The van der Waals surface area contributed by atoms with Gasteiger partial charge in [-0.15, -0.1) is 0 Å². The molecule has 0 aromatic heterocycles. The molecule has 3 N–H and O–H groups in total. The van der Waals surface area contributed by atoms with Crippen molar-refractivity contribution in [1.82, 2.24) is 10.6 Å². The van der Waals surface area contributed by atoms with E-state index in [1.54, 1.807) is 0 Å². The lowest BCUT2D eigenvalue weighted by Gasteiger charge is -2.13. The van der Waals surface area contributed by atoms with E-state index in [4.69, 9.17) is 0 Å². The molecular formula is C14H19N3O2. The van der Waals surface area contributed by atoms with Crippen molar-refractivity contribution in [1.29, 1.82) is 0 Å². The lowest BCUT2D eigenvalue weighted by molar-refractivity contribution is -0.121. The highest BCUT2D eigenvalue weighted by atomic mass is 16.2. The molecule has 2 rings (SSSR count). The maximum Gasteiger partial charge on any atom is 0.246 e. The van der Waals surface area contributed by atoms with Crippen LogP contribution in [0.5, 0.6) is 0 Å². The SMILES string of the molecule is Cc1ccc2c(c1)C(NCC(=O)NC(C)C)C(=O)N2. The summed E-state index contributed by atoms with van der Waals surface area (Å²) < 4.78 is 0. The van der Waals surface area contributed by atoms with Gasteiger partial charge in [-0.25, -0.2) is 0 Å². The minimum Gasteiger partial charge on any atom is -0.353 e. The van der Waals surface area contributed by atoms with E-state index >= 15 is 0 Å². The van der Waals surface area contributed by atoms with Crippen LogP contribution in [0.1, 0.15) is 31.0 Å². The number of carbonyl (C=O) groups is 2. The summed E-state index contributed by atoms with van der Waals surface area (Å²) in [5, 5.41) is 8.59. The zero-order valence-electron chi connectivity index (χ0n) is 11.4. The molecule has 0 spiro atoms. The number of carbonyl (C=O) groups excluding carboxylic acids is 2. The van der Waals surface area contributed by atoms with Gasteiger partial charge in [0.25, 0.3) is 0 Å². The van der Waals surface area contributed by atoms with Crippen molar-refractivity contribution in [3.05, 3.63) is 29.3 Å². The van der Waals surface area contributed by atoms with Gasteiger partial charge in [0.2, 0.25) is 11.8 Å². The van der Waals surface area contributed by atoms with Gasteiger partial charge < -0.3 is 10.6 Å². The van der Waals surface area contributed by atoms with Crippen molar-refractivity contribution < 1.29 is 9.59 Å². The smallest absolute Gasteiger partial charge is 0.246 e. The Morgan fingerprint density at radius 1 is 1.42 bits per heavy atom. The van der Waals surface area contributed by atoms with Gasteiger partial charge in [-0.3, -0.25) is 14.9 Å². The molecule has 1 heterocycles. The molecule has 19 heavy (non-hydrogen) atoms. The number of aryl methyl sites for hydroxylation is 1. The molecule has 0 bridgehead atoms. The molecule has 0 saturated heterocycles. The fourth-order valence-electron chi connectivity index (χ4n) is 2.15. The summed E-state index contributed by atoms with van der Waals surface area (Å²) >= 11 is 0. The third-order valence-electron chi connectivity index (χ3n) is 2.95. The van der Waals surface area contributed by atoms with Crippen molar-refractivity contribution in [2.45, 2.75) is 32.9 Å². The van der Waals surface area contributed by atoms with E-state index in [0.29, 0.717) is 0 Å². The number of anilines is 1. The first-order valence-electron chi connectivity index (χ1n) is 6.41. The summed E-state index contributed by atoms with van der Waals surface area (Å²) in [5.41, 5.74) is 2.81. The van der Waals surface area contributed by atoms with E-state index in [-0.39, 0.29) is 24.4 Å². The van der Waals surface area contributed by atoms with Gasteiger partial charge in [0.1, 0.15) is 6.04 Å². The van der Waals surface area contributed by atoms with Crippen molar-refractivity contribution in [3.63, 3.8) is 0 Å². The summed E-state index contributed by atoms with van der Waals surface area (Å²) in [4.78, 5) is 23.5. The highest BCUT2D eigenvalue weighted by Crippen LogP contribution is 2.31. The lowest BCUT2D eigenvalue weighted by atomic mass is 10.1. The summed E-state index contributed by atoms with van der Waals surface area (Å²) in [7, 11) is 0. The average molecular weight is 261 g/mol. The Morgan fingerprint density at radius 2 is 2.16 bits per heavy atom. The van der Waals surface area contributed by atoms with E-state index in [1.807, 2.05) is 39.0 Å². The van der Waals surface area contributed by atoms with E-state index < -0.39 is 6.04 Å². The average Bonchev–Trinajstić information content (AvgIpc) is 2.61. The van der Waals surface area contributed by atoms with Gasteiger partial charge in [0, 0.05) is 17.3 Å². The number of benzene rings is 1. The van der Waals surface area contributed by atoms with Crippen LogP contribution in [0.3, 0.4) is 0 Å². The Labute approximate surface area is 112 Å². The van der Waals surface area contributed by atoms with Crippen LogP contribution in [0.2, 0.25) is 0 Å². The highest BCUT2D eigenvalue weighted by molar-refractivity contribution is 6.02. The van der Waals surface area contributed by atoms with Crippen LogP contribution in [0.4, 0.5) is 5.69 Å². The molecule has 0 radical (unpaired) electrons. The third kappa shape index (κ3) is 3.12. The summed E-state index contributed by atoms with van der Waals surface area (Å²) in [6, 6.07) is 5.45. The second-order valence-corrected chi connectivity index (χ2v) is 5.12. The first-order valence-corrected chi connectivity index (χ1v) is 6.41. The Kier molecular flexibility index (Phi) is 3.85.